The molecule has 8 nitrogen and oxygen atoms in total. The van der Waals surface area contributed by atoms with E-state index in [4.69, 9.17) is 4.98 Å². The van der Waals surface area contributed by atoms with E-state index in [0.717, 1.165) is 22.5 Å². The monoisotopic (exact) mass is 457 g/mol. The molecule has 0 saturated carbocycles. The minimum absolute atomic E-state index is 0.0736. The van der Waals surface area contributed by atoms with Gasteiger partial charge >= 0.3 is 0 Å². The fourth-order valence-corrected chi connectivity index (χ4v) is 3.80. The van der Waals surface area contributed by atoms with Gasteiger partial charge in [0.15, 0.2) is 5.16 Å². The molecule has 0 fully saturated rings. The number of nitrogens with one attached hydrogen (secondary N) is 2. The summed E-state index contributed by atoms with van der Waals surface area (Å²) in [4.78, 5) is 30.8. The smallest absolute Gasteiger partial charge is 0.278 e. The van der Waals surface area contributed by atoms with Crippen molar-refractivity contribution in [3.8, 4) is 22.5 Å². The Kier molecular flexibility index (Phi) is 6.91. The zero-order chi connectivity index (χ0) is 23.0. The Morgan fingerprint density at radius 2 is 1.64 bits per heavy atom. The van der Waals surface area contributed by atoms with E-state index in [-0.39, 0.29) is 17.3 Å². The van der Waals surface area contributed by atoms with Gasteiger partial charge in [-0.3, -0.25) is 14.9 Å². The van der Waals surface area contributed by atoms with E-state index in [2.05, 4.69) is 15.5 Å². The lowest BCUT2D eigenvalue weighted by Crippen LogP contribution is -2.19. The van der Waals surface area contributed by atoms with E-state index in [1.54, 1.807) is 18.2 Å². The number of thioether (sulfide) groups is 1. The third-order valence-corrected chi connectivity index (χ3v) is 5.53. The highest BCUT2D eigenvalue weighted by molar-refractivity contribution is 7.99. The van der Waals surface area contributed by atoms with Crippen LogP contribution < -0.4 is 5.43 Å². The summed E-state index contributed by atoms with van der Waals surface area (Å²) in [6.45, 7) is 0. The third kappa shape index (κ3) is 5.52. The maximum absolute atomic E-state index is 12.2. The predicted octanol–water partition coefficient (Wildman–Crippen LogP) is 4.89. The number of para-hydroxylation sites is 1. The number of imidazole rings is 1. The standard InChI is InChI=1S/C24H19N5O3S/c30-21(28-25-15-19-13-7-8-14-20(19)29(31)32)16-33-24-26-22(17-9-3-1-4-10-17)23(27-24)18-11-5-2-6-12-18/h1-15H,16H2,(H,26,27)(H,28,30)/b25-15+. The largest absolute Gasteiger partial charge is 0.332 e. The number of hydrogen-bond acceptors (Lipinski definition) is 6. The molecule has 9 heteroatoms. The number of rotatable bonds is 8. The first-order chi connectivity index (χ1) is 16.1. The molecule has 0 radical (unpaired) electrons. The summed E-state index contributed by atoms with van der Waals surface area (Å²) in [5.74, 6) is -0.279. The van der Waals surface area contributed by atoms with E-state index in [1.807, 2.05) is 60.7 Å². The summed E-state index contributed by atoms with van der Waals surface area (Å²) in [5, 5.41) is 15.5. The Hall–Kier alpha value is -4.24. The van der Waals surface area contributed by atoms with Gasteiger partial charge in [0.05, 0.1) is 33.8 Å². The van der Waals surface area contributed by atoms with E-state index in [0.29, 0.717) is 10.7 Å². The second-order valence-corrected chi connectivity index (χ2v) is 7.86. The number of benzene rings is 3. The molecule has 0 spiro atoms. The van der Waals surface area contributed by atoms with E-state index >= 15 is 0 Å². The van der Waals surface area contributed by atoms with Crippen LogP contribution in [0.5, 0.6) is 0 Å². The van der Waals surface area contributed by atoms with Crippen molar-refractivity contribution in [1.82, 2.24) is 15.4 Å². The number of amides is 1. The van der Waals surface area contributed by atoms with Gasteiger partial charge in [-0.2, -0.15) is 5.10 Å². The van der Waals surface area contributed by atoms with Crippen molar-refractivity contribution in [3.63, 3.8) is 0 Å². The molecule has 0 aliphatic rings. The van der Waals surface area contributed by atoms with Crippen LogP contribution >= 0.6 is 11.8 Å². The molecule has 0 saturated heterocycles. The van der Waals surface area contributed by atoms with Crippen LogP contribution in [0, 0.1) is 10.1 Å². The van der Waals surface area contributed by atoms with Crippen molar-refractivity contribution in [2.24, 2.45) is 5.10 Å². The third-order valence-electron chi connectivity index (χ3n) is 4.66. The summed E-state index contributed by atoms with van der Waals surface area (Å²) < 4.78 is 0. The predicted molar refractivity (Wildman–Crippen MR) is 129 cm³/mol. The molecule has 1 aromatic heterocycles. The van der Waals surface area contributed by atoms with Gasteiger partial charge in [-0.15, -0.1) is 0 Å². The lowest BCUT2D eigenvalue weighted by Gasteiger charge is -2.02. The molecule has 0 bridgehead atoms. The Labute approximate surface area is 193 Å². The summed E-state index contributed by atoms with van der Waals surface area (Å²) in [5.41, 5.74) is 6.27. The summed E-state index contributed by atoms with van der Waals surface area (Å²) in [6, 6.07) is 25.9. The van der Waals surface area contributed by atoms with Crippen LogP contribution in [0.3, 0.4) is 0 Å². The molecule has 0 atom stereocenters. The first kappa shape index (κ1) is 22.0. The molecule has 1 heterocycles. The van der Waals surface area contributed by atoms with E-state index < -0.39 is 4.92 Å². The molecule has 164 valence electrons. The lowest BCUT2D eigenvalue weighted by molar-refractivity contribution is -0.385. The number of nitro benzene ring substituents is 1. The van der Waals surface area contributed by atoms with Gasteiger partial charge in [-0.1, -0.05) is 84.6 Å². The van der Waals surface area contributed by atoms with Gasteiger partial charge in [-0.05, 0) is 6.07 Å². The van der Waals surface area contributed by atoms with Crippen LogP contribution in [0.2, 0.25) is 0 Å². The Bertz CT molecular complexity index is 1230. The van der Waals surface area contributed by atoms with Crippen LogP contribution in [-0.4, -0.2) is 32.8 Å². The minimum atomic E-state index is -0.495. The highest BCUT2D eigenvalue weighted by Gasteiger charge is 2.15. The first-order valence-corrected chi connectivity index (χ1v) is 11.0. The molecule has 0 aliphatic heterocycles. The van der Waals surface area contributed by atoms with E-state index in [1.165, 1.54) is 24.0 Å². The Balaban J connectivity index is 1.45. The van der Waals surface area contributed by atoms with Crippen molar-refractivity contribution in [2.75, 3.05) is 5.75 Å². The second kappa shape index (κ2) is 10.4. The number of hydrogen-bond donors (Lipinski definition) is 2. The Morgan fingerprint density at radius 3 is 2.33 bits per heavy atom. The van der Waals surface area contributed by atoms with Gasteiger partial charge in [0.1, 0.15) is 0 Å². The van der Waals surface area contributed by atoms with Crippen LogP contribution in [0.25, 0.3) is 22.5 Å². The number of aromatic amines is 1. The molecule has 2 N–H and O–H groups in total. The zero-order valence-electron chi connectivity index (χ0n) is 17.3. The summed E-state index contributed by atoms with van der Waals surface area (Å²) in [7, 11) is 0. The molecule has 3 aromatic carbocycles. The average molecular weight is 458 g/mol. The van der Waals surface area contributed by atoms with Gasteiger partial charge in [0.25, 0.3) is 11.6 Å². The topological polar surface area (TPSA) is 113 Å². The minimum Gasteiger partial charge on any atom is -0.332 e. The highest BCUT2D eigenvalue weighted by Crippen LogP contribution is 2.32. The number of carbonyl (C=O) groups is 1. The number of hydrazone groups is 1. The summed E-state index contributed by atoms with van der Waals surface area (Å²) in [6.07, 6.45) is 1.26. The molecule has 4 aromatic rings. The summed E-state index contributed by atoms with van der Waals surface area (Å²) >= 11 is 1.25. The fourth-order valence-electron chi connectivity index (χ4n) is 3.14. The Morgan fingerprint density at radius 1 is 1.00 bits per heavy atom. The SMILES string of the molecule is O=C(CSc1nc(-c2ccccc2)c(-c2ccccc2)[nH]1)N/N=C/c1ccccc1[N+](=O)[O-]. The molecular weight excluding hydrogens is 438 g/mol. The van der Waals surface area contributed by atoms with Gasteiger partial charge in [0.2, 0.25) is 0 Å². The van der Waals surface area contributed by atoms with Crippen LogP contribution in [0.1, 0.15) is 5.56 Å². The molecule has 0 unspecified atom stereocenters. The van der Waals surface area contributed by atoms with Gasteiger partial charge in [0, 0.05) is 17.2 Å². The zero-order valence-corrected chi connectivity index (χ0v) is 18.2. The molecule has 1 amide bonds. The van der Waals surface area contributed by atoms with Crippen molar-refractivity contribution in [2.45, 2.75) is 5.16 Å². The van der Waals surface area contributed by atoms with Crippen molar-refractivity contribution < 1.29 is 9.72 Å². The molecular formula is C24H19N5O3S. The average Bonchev–Trinajstić information content (AvgIpc) is 3.28. The molecule has 0 aliphatic carbocycles. The maximum Gasteiger partial charge on any atom is 0.278 e. The van der Waals surface area contributed by atoms with Crippen LogP contribution in [-0.2, 0) is 4.79 Å². The van der Waals surface area contributed by atoms with Crippen molar-refractivity contribution in [1.29, 1.82) is 0 Å². The van der Waals surface area contributed by atoms with Gasteiger partial charge < -0.3 is 4.98 Å². The molecule has 33 heavy (non-hydrogen) atoms. The molecule has 4 rings (SSSR count). The number of carbonyl (C=O) groups excluding carboxylic acids is 1. The second-order valence-electron chi connectivity index (χ2n) is 6.90. The van der Waals surface area contributed by atoms with Crippen LogP contribution in [0.15, 0.2) is 95.2 Å². The highest BCUT2D eigenvalue weighted by atomic mass is 32.2. The number of aromatic nitrogens is 2. The maximum atomic E-state index is 12.2. The number of H-pyrrole nitrogens is 1. The van der Waals surface area contributed by atoms with E-state index in [9.17, 15) is 14.9 Å². The van der Waals surface area contributed by atoms with Crippen molar-refractivity contribution in [3.05, 3.63) is 101 Å². The van der Waals surface area contributed by atoms with Gasteiger partial charge in [-0.25, -0.2) is 10.4 Å². The van der Waals surface area contributed by atoms with Crippen LogP contribution in [0.4, 0.5) is 5.69 Å². The first-order valence-electron chi connectivity index (χ1n) is 10.0. The normalized spacial score (nSPS) is 10.9. The lowest BCUT2D eigenvalue weighted by atomic mass is 10.1. The van der Waals surface area contributed by atoms with Crippen molar-refractivity contribution >= 4 is 29.6 Å². The number of nitrogens with zero attached hydrogens (tertiary/aromatic N) is 3. The fraction of sp³-hybridized carbons (Fsp3) is 0.0417. The number of nitro groups is 1. The quantitative estimate of drug-likeness (QED) is 0.169.